The second-order valence-electron chi connectivity index (χ2n) is 7.77. The number of para-hydroxylation sites is 2. The van der Waals surface area contributed by atoms with Gasteiger partial charge in [-0.15, -0.1) is 0 Å². The van der Waals surface area contributed by atoms with Crippen LogP contribution < -0.4 is 15.4 Å². The Kier molecular flexibility index (Phi) is 7.35. The lowest BCUT2D eigenvalue weighted by atomic mass is 10.1. The quantitative estimate of drug-likeness (QED) is 0.332. The fourth-order valence-electron chi connectivity index (χ4n) is 3.71. The molecule has 6 heteroatoms. The van der Waals surface area contributed by atoms with Crippen molar-refractivity contribution in [2.75, 3.05) is 32.1 Å². The summed E-state index contributed by atoms with van der Waals surface area (Å²) in [6.45, 7) is 3.34. The van der Waals surface area contributed by atoms with Gasteiger partial charge in [0, 0.05) is 6.54 Å². The van der Waals surface area contributed by atoms with Gasteiger partial charge in [-0.1, -0.05) is 36.4 Å². The number of halogens is 1. The summed E-state index contributed by atoms with van der Waals surface area (Å²) in [5.74, 6) is 1.51. The minimum Gasteiger partial charge on any atom is -0.497 e. The van der Waals surface area contributed by atoms with E-state index in [1.807, 2.05) is 42.5 Å². The molecule has 0 fully saturated rings. The normalized spacial score (nSPS) is 11.1. The van der Waals surface area contributed by atoms with E-state index < -0.39 is 0 Å². The number of methoxy groups -OCH3 is 1. The van der Waals surface area contributed by atoms with E-state index in [-0.39, 0.29) is 5.82 Å². The van der Waals surface area contributed by atoms with Crippen LogP contribution >= 0.6 is 0 Å². The van der Waals surface area contributed by atoms with Crippen molar-refractivity contribution in [3.05, 3.63) is 89.7 Å². The number of hydrogen-bond acceptors (Lipinski definition) is 4. The third kappa shape index (κ3) is 5.65. The molecule has 3 aromatic carbocycles. The minimum atomic E-state index is -0.220. The van der Waals surface area contributed by atoms with E-state index in [1.54, 1.807) is 7.11 Å². The molecular weight excluding hydrogens is 403 g/mol. The number of imidazole rings is 1. The lowest BCUT2D eigenvalue weighted by Crippen LogP contribution is -2.21. The molecule has 1 aromatic heterocycles. The summed E-state index contributed by atoms with van der Waals surface area (Å²) >= 11 is 0. The SMILES string of the molecule is COc1ccc(CCNCCCNc2nc3ccccc3n2Cc2ccc(F)cc2)cc1. The molecule has 0 unspecified atom stereocenters. The van der Waals surface area contributed by atoms with Gasteiger partial charge >= 0.3 is 0 Å². The van der Waals surface area contributed by atoms with Gasteiger partial charge in [0.15, 0.2) is 0 Å². The molecule has 1 heterocycles. The Morgan fingerprint density at radius 1 is 0.875 bits per heavy atom. The Morgan fingerprint density at radius 3 is 2.41 bits per heavy atom. The minimum absolute atomic E-state index is 0.220. The van der Waals surface area contributed by atoms with Crippen molar-refractivity contribution in [3.8, 4) is 5.75 Å². The van der Waals surface area contributed by atoms with Gasteiger partial charge in [0.2, 0.25) is 5.95 Å². The molecule has 0 spiro atoms. The highest BCUT2D eigenvalue weighted by Crippen LogP contribution is 2.21. The van der Waals surface area contributed by atoms with Crippen molar-refractivity contribution in [3.63, 3.8) is 0 Å². The molecule has 0 aliphatic carbocycles. The molecular formula is C26H29FN4O. The molecule has 2 N–H and O–H groups in total. The average molecular weight is 433 g/mol. The van der Waals surface area contributed by atoms with E-state index >= 15 is 0 Å². The second kappa shape index (κ2) is 10.8. The average Bonchev–Trinajstić information content (AvgIpc) is 3.17. The van der Waals surface area contributed by atoms with Crippen molar-refractivity contribution in [2.45, 2.75) is 19.4 Å². The van der Waals surface area contributed by atoms with Crippen molar-refractivity contribution in [2.24, 2.45) is 0 Å². The summed E-state index contributed by atoms with van der Waals surface area (Å²) in [6.07, 6.45) is 1.98. The topological polar surface area (TPSA) is 51.1 Å². The van der Waals surface area contributed by atoms with Gasteiger partial charge in [-0.05, 0) is 73.5 Å². The first-order valence-corrected chi connectivity index (χ1v) is 11.0. The summed E-state index contributed by atoms with van der Waals surface area (Å²) < 4.78 is 20.6. The third-order valence-corrected chi connectivity index (χ3v) is 5.47. The van der Waals surface area contributed by atoms with Crippen molar-refractivity contribution in [1.82, 2.24) is 14.9 Å². The standard InChI is InChI=1S/C26H29FN4O/c1-32-23-13-9-20(10-14-23)15-18-28-16-4-17-29-26-30-24-5-2-3-6-25(24)31(26)19-21-7-11-22(27)12-8-21/h2-3,5-14,28H,4,15-19H2,1H3,(H,29,30). The van der Waals surface area contributed by atoms with Gasteiger partial charge in [-0.25, -0.2) is 9.37 Å². The van der Waals surface area contributed by atoms with Crippen LogP contribution in [0.5, 0.6) is 5.75 Å². The van der Waals surface area contributed by atoms with Gasteiger partial charge in [0.1, 0.15) is 11.6 Å². The molecule has 0 atom stereocenters. The monoisotopic (exact) mass is 432 g/mol. The van der Waals surface area contributed by atoms with E-state index in [1.165, 1.54) is 17.7 Å². The number of ether oxygens (including phenoxy) is 1. The highest BCUT2D eigenvalue weighted by atomic mass is 19.1. The number of nitrogens with zero attached hydrogens (tertiary/aromatic N) is 2. The first kappa shape index (κ1) is 21.8. The summed E-state index contributed by atoms with van der Waals surface area (Å²) in [7, 11) is 1.68. The van der Waals surface area contributed by atoms with E-state index in [0.29, 0.717) is 6.54 Å². The Morgan fingerprint density at radius 2 is 1.62 bits per heavy atom. The molecule has 0 saturated carbocycles. The van der Waals surface area contributed by atoms with Crippen molar-refractivity contribution in [1.29, 1.82) is 0 Å². The highest BCUT2D eigenvalue weighted by molar-refractivity contribution is 5.78. The number of aromatic nitrogens is 2. The van der Waals surface area contributed by atoms with Crippen LogP contribution in [0, 0.1) is 5.82 Å². The number of rotatable bonds is 11. The highest BCUT2D eigenvalue weighted by Gasteiger charge is 2.10. The predicted molar refractivity (Wildman–Crippen MR) is 128 cm³/mol. The molecule has 0 aliphatic heterocycles. The zero-order chi connectivity index (χ0) is 22.2. The lowest BCUT2D eigenvalue weighted by molar-refractivity contribution is 0.414. The summed E-state index contributed by atoms with van der Waals surface area (Å²) in [4.78, 5) is 4.76. The summed E-state index contributed by atoms with van der Waals surface area (Å²) in [5.41, 5.74) is 4.36. The van der Waals surface area contributed by atoms with Crippen LogP contribution in [0.15, 0.2) is 72.8 Å². The maximum atomic E-state index is 13.3. The summed E-state index contributed by atoms with van der Waals surface area (Å²) in [5, 5.41) is 6.98. The van der Waals surface area contributed by atoms with Gasteiger partial charge in [0.25, 0.3) is 0 Å². The fraction of sp³-hybridized carbons (Fsp3) is 0.269. The predicted octanol–water partition coefficient (Wildman–Crippen LogP) is 4.87. The molecule has 32 heavy (non-hydrogen) atoms. The van der Waals surface area contributed by atoms with Crippen LogP contribution in [-0.4, -0.2) is 36.3 Å². The molecule has 4 rings (SSSR count). The zero-order valence-electron chi connectivity index (χ0n) is 18.4. The number of anilines is 1. The van der Waals surface area contributed by atoms with E-state index in [2.05, 4.69) is 33.4 Å². The first-order chi connectivity index (χ1) is 15.7. The molecule has 0 bridgehead atoms. The van der Waals surface area contributed by atoms with Crippen LogP contribution in [0.1, 0.15) is 17.5 Å². The van der Waals surface area contributed by atoms with Crippen LogP contribution in [0.2, 0.25) is 0 Å². The van der Waals surface area contributed by atoms with Gasteiger partial charge < -0.3 is 19.9 Å². The van der Waals surface area contributed by atoms with Gasteiger partial charge in [0.05, 0.1) is 24.7 Å². The Balaban J connectivity index is 1.27. The van der Waals surface area contributed by atoms with Crippen LogP contribution in [-0.2, 0) is 13.0 Å². The van der Waals surface area contributed by atoms with Crippen LogP contribution in [0.3, 0.4) is 0 Å². The number of hydrogen-bond donors (Lipinski definition) is 2. The molecule has 166 valence electrons. The van der Waals surface area contributed by atoms with Crippen molar-refractivity contribution >= 4 is 17.0 Å². The van der Waals surface area contributed by atoms with E-state index in [0.717, 1.165) is 60.8 Å². The number of nitrogens with one attached hydrogen (secondary N) is 2. The largest absolute Gasteiger partial charge is 0.497 e. The molecule has 4 aromatic rings. The van der Waals surface area contributed by atoms with Crippen molar-refractivity contribution < 1.29 is 9.13 Å². The van der Waals surface area contributed by atoms with Crippen LogP contribution in [0.4, 0.5) is 10.3 Å². The summed E-state index contributed by atoms with van der Waals surface area (Å²) in [6, 6.07) is 22.9. The van der Waals surface area contributed by atoms with Gasteiger partial charge in [-0.2, -0.15) is 0 Å². The number of benzene rings is 3. The lowest BCUT2D eigenvalue weighted by Gasteiger charge is -2.11. The second-order valence-corrected chi connectivity index (χ2v) is 7.77. The smallest absolute Gasteiger partial charge is 0.204 e. The maximum Gasteiger partial charge on any atom is 0.204 e. The Hall–Kier alpha value is -3.38. The third-order valence-electron chi connectivity index (χ3n) is 5.47. The molecule has 0 amide bonds. The number of fused-ring (bicyclic) bond motifs is 1. The molecule has 0 aliphatic rings. The molecule has 0 saturated heterocycles. The maximum absolute atomic E-state index is 13.3. The fourth-order valence-corrected chi connectivity index (χ4v) is 3.71. The first-order valence-electron chi connectivity index (χ1n) is 11.0. The van der Waals surface area contributed by atoms with Crippen LogP contribution in [0.25, 0.3) is 11.0 Å². The van der Waals surface area contributed by atoms with E-state index in [9.17, 15) is 4.39 Å². The van der Waals surface area contributed by atoms with Gasteiger partial charge in [-0.3, -0.25) is 0 Å². The molecule has 0 radical (unpaired) electrons. The molecule has 5 nitrogen and oxygen atoms in total. The zero-order valence-corrected chi connectivity index (χ0v) is 18.4. The van der Waals surface area contributed by atoms with E-state index in [4.69, 9.17) is 9.72 Å². The Labute approximate surface area is 188 Å². The Bertz CT molecular complexity index is 1120.